The van der Waals surface area contributed by atoms with Gasteiger partial charge in [0.15, 0.2) is 0 Å². The third-order valence-corrected chi connectivity index (χ3v) is 2.83. The van der Waals surface area contributed by atoms with E-state index in [-0.39, 0.29) is 5.97 Å². The Morgan fingerprint density at radius 1 is 1.47 bits per heavy atom. The highest BCUT2D eigenvalue weighted by atomic mass is 127. The number of carbonyl (C=O) groups is 1. The summed E-state index contributed by atoms with van der Waals surface area (Å²) in [6.45, 7) is 4.14. The fourth-order valence-corrected chi connectivity index (χ4v) is 1.82. The van der Waals surface area contributed by atoms with Gasteiger partial charge in [0.25, 0.3) is 0 Å². The maximum absolute atomic E-state index is 11.5. The Morgan fingerprint density at radius 3 is 2.82 bits per heavy atom. The molecule has 4 heteroatoms. The van der Waals surface area contributed by atoms with Gasteiger partial charge in [-0.1, -0.05) is 13.0 Å². The summed E-state index contributed by atoms with van der Waals surface area (Å²) in [4.78, 5) is 11.5. The van der Waals surface area contributed by atoms with Crippen LogP contribution in [0.15, 0.2) is 36.0 Å². The summed E-state index contributed by atoms with van der Waals surface area (Å²) >= 11 is 2.25. The van der Waals surface area contributed by atoms with Gasteiger partial charge in [0.1, 0.15) is 0 Å². The number of halogens is 1. The third-order valence-electron chi connectivity index (χ3n) is 2.16. The molecule has 0 amide bonds. The van der Waals surface area contributed by atoms with Crippen LogP contribution in [0.3, 0.4) is 0 Å². The average molecular weight is 345 g/mol. The second-order valence-electron chi connectivity index (χ2n) is 3.40. The van der Waals surface area contributed by atoms with Crippen LogP contribution < -0.4 is 5.32 Å². The van der Waals surface area contributed by atoms with E-state index in [0.717, 1.165) is 9.26 Å². The number of hydrogen-bond acceptors (Lipinski definition) is 3. The van der Waals surface area contributed by atoms with Crippen LogP contribution in [0.4, 0.5) is 5.69 Å². The average Bonchev–Trinajstić information content (AvgIpc) is 2.30. The van der Waals surface area contributed by atoms with E-state index in [0.29, 0.717) is 18.6 Å². The van der Waals surface area contributed by atoms with Crippen LogP contribution in [-0.4, -0.2) is 12.6 Å². The van der Waals surface area contributed by atoms with Crippen LogP contribution in [0.25, 0.3) is 0 Å². The van der Waals surface area contributed by atoms with Crippen molar-refractivity contribution in [3.8, 4) is 0 Å². The second kappa shape index (κ2) is 7.32. The number of rotatable bonds is 5. The zero-order valence-electron chi connectivity index (χ0n) is 10.00. The molecular weight excluding hydrogens is 329 g/mol. The Hall–Kier alpha value is -1.04. The van der Waals surface area contributed by atoms with Crippen molar-refractivity contribution in [1.29, 1.82) is 0 Å². The van der Waals surface area contributed by atoms with E-state index in [9.17, 15) is 4.79 Å². The van der Waals surface area contributed by atoms with E-state index in [1.807, 2.05) is 31.2 Å². The molecule has 1 N–H and O–H groups in total. The highest BCUT2D eigenvalue weighted by Gasteiger charge is 2.07. The first-order valence-corrected chi connectivity index (χ1v) is 6.63. The van der Waals surface area contributed by atoms with Crippen molar-refractivity contribution in [3.63, 3.8) is 0 Å². The van der Waals surface area contributed by atoms with Gasteiger partial charge in [0.05, 0.1) is 12.2 Å². The van der Waals surface area contributed by atoms with Gasteiger partial charge in [-0.05, 0) is 54.1 Å². The number of esters is 1. The predicted octanol–water partition coefficient (Wildman–Crippen LogP) is 3.56. The lowest BCUT2D eigenvalue weighted by molar-refractivity contribution is -0.138. The fraction of sp³-hybridized carbons (Fsp3) is 0.308. The first-order valence-electron chi connectivity index (χ1n) is 5.55. The Bertz CT molecular complexity index is 416. The van der Waals surface area contributed by atoms with Gasteiger partial charge in [-0.3, -0.25) is 0 Å². The number of anilines is 1. The van der Waals surface area contributed by atoms with Crippen molar-refractivity contribution < 1.29 is 9.53 Å². The Morgan fingerprint density at radius 2 is 2.24 bits per heavy atom. The van der Waals surface area contributed by atoms with Crippen molar-refractivity contribution in [2.45, 2.75) is 20.3 Å². The molecule has 1 rings (SSSR count). The van der Waals surface area contributed by atoms with Crippen LogP contribution in [-0.2, 0) is 9.53 Å². The van der Waals surface area contributed by atoms with E-state index in [1.165, 1.54) is 0 Å². The molecule has 0 aliphatic carbocycles. The van der Waals surface area contributed by atoms with Gasteiger partial charge in [0, 0.05) is 15.5 Å². The second-order valence-corrected chi connectivity index (χ2v) is 4.64. The van der Waals surface area contributed by atoms with Crippen molar-refractivity contribution in [3.05, 3.63) is 39.6 Å². The molecule has 0 bridgehead atoms. The first-order chi connectivity index (χ1) is 8.17. The van der Waals surface area contributed by atoms with Crippen LogP contribution in [0, 0.1) is 3.57 Å². The quantitative estimate of drug-likeness (QED) is 0.504. The zero-order chi connectivity index (χ0) is 12.7. The highest BCUT2D eigenvalue weighted by molar-refractivity contribution is 14.1. The number of ether oxygens (including phenoxy) is 1. The molecule has 92 valence electrons. The van der Waals surface area contributed by atoms with Crippen molar-refractivity contribution in [2.75, 3.05) is 11.9 Å². The molecule has 0 aromatic heterocycles. The van der Waals surface area contributed by atoms with E-state index < -0.39 is 0 Å². The maximum Gasteiger partial charge on any atom is 0.335 e. The largest absolute Gasteiger partial charge is 0.463 e. The van der Waals surface area contributed by atoms with Gasteiger partial charge in [-0.15, -0.1) is 0 Å². The van der Waals surface area contributed by atoms with Crippen LogP contribution in [0.5, 0.6) is 0 Å². The monoisotopic (exact) mass is 345 g/mol. The molecule has 17 heavy (non-hydrogen) atoms. The topological polar surface area (TPSA) is 38.3 Å². The minimum Gasteiger partial charge on any atom is -0.463 e. The van der Waals surface area contributed by atoms with E-state index >= 15 is 0 Å². The standard InChI is InChI=1S/C13H16INO2/c1-3-10(13(16)17-4-2)9-15-12-7-5-6-11(14)8-12/h5-9,15H,3-4H2,1-2H3/b10-9+. The van der Waals surface area contributed by atoms with Crippen molar-refractivity contribution in [1.82, 2.24) is 0 Å². The van der Waals surface area contributed by atoms with E-state index in [1.54, 1.807) is 13.1 Å². The Kier molecular flexibility index (Phi) is 6.04. The normalized spacial score (nSPS) is 11.1. The minimum absolute atomic E-state index is 0.256. The molecule has 3 nitrogen and oxygen atoms in total. The van der Waals surface area contributed by atoms with Crippen LogP contribution in [0.2, 0.25) is 0 Å². The summed E-state index contributed by atoms with van der Waals surface area (Å²) in [5.74, 6) is -0.256. The zero-order valence-corrected chi connectivity index (χ0v) is 12.2. The van der Waals surface area contributed by atoms with Crippen molar-refractivity contribution >= 4 is 34.2 Å². The molecule has 1 aromatic carbocycles. The molecule has 0 unspecified atom stereocenters. The summed E-state index contributed by atoms with van der Waals surface area (Å²) in [7, 11) is 0. The lowest BCUT2D eigenvalue weighted by Crippen LogP contribution is -2.08. The Labute approximate surface area is 115 Å². The van der Waals surface area contributed by atoms with Crippen LogP contribution >= 0.6 is 22.6 Å². The third kappa shape index (κ3) is 4.77. The molecule has 0 saturated heterocycles. The Balaban J connectivity index is 2.70. The number of hydrogen-bond donors (Lipinski definition) is 1. The van der Waals surface area contributed by atoms with Crippen LogP contribution in [0.1, 0.15) is 20.3 Å². The fourth-order valence-electron chi connectivity index (χ4n) is 1.28. The molecular formula is C13H16INO2. The molecule has 1 aromatic rings. The molecule has 0 aliphatic heterocycles. The van der Waals surface area contributed by atoms with Gasteiger partial charge in [-0.25, -0.2) is 4.79 Å². The van der Waals surface area contributed by atoms with Gasteiger partial charge in [-0.2, -0.15) is 0 Å². The number of carbonyl (C=O) groups excluding carboxylic acids is 1. The molecule has 0 heterocycles. The molecule has 0 aliphatic rings. The highest BCUT2D eigenvalue weighted by Crippen LogP contribution is 2.13. The van der Waals surface area contributed by atoms with E-state index in [2.05, 4.69) is 27.9 Å². The van der Waals surface area contributed by atoms with Gasteiger partial charge >= 0.3 is 5.97 Å². The SMILES string of the molecule is CCOC(=O)/C(=C/Nc1cccc(I)c1)CC. The van der Waals surface area contributed by atoms with Gasteiger partial charge < -0.3 is 10.1 Å². The maximum atomic E-state index is 11.5. The number of nitrogens with one attached hydrogen (secondary N) is 1. The van der Waals surface area contributed by atoms with E-state index in [4.69, 9.17) is 4.74 Å². The summed E-state index contributed by atoms with van der Waals surface area (Å²) in [5, 5.41) is 3.11. The molecule has 0 fully saturated rings. The predicted molar refractivity (Wildman–Crippen MR) is 77.8 cm³/mol. The van der Waals surface area contributed by atoms with Gasteiger partial charge in [0.2, 0.25) is 0 Å². The summed E-state index contributed by atoms with van der Waals surface area (Å²) in [6, 6.07) is 7.95. The summed E-state index contributed by atoms with van der Waals surface area (Å²) in [5.41, 5.74) is 1.61. The smallest absolute Gasteiger partial charge is 0.335 e. The lowest BCUT2D eigenvalue weighted by Gasteiger charge is -2.06. The summed E-state index contributed by atoms with van der Waals surface area (Å²) < 4.78 is 6.11. The molecule has 0 radical (unpaired) electrons. The molecule has 0 saturated carbocycles. The first kappa shape index (κ1) is 14.0. The molecule has 0 atom stereocenters. The summed E-state index contributed by atoms with van der Waals surface area (Å²) in [6.07, 6.45) is 2.36. The minimum atomic E-state index is -0.256. The molecule has 0 spiro atoms. The number of benzene rings is 1. The van der Waals surface area contributed by atoms with Crippen molar-refractivity contribution in [2.24, 2.45) is 0 Å². The lowest BCUT2D eigenvalue weighted by atomic mass is 10.2.